The Morgan fingerprint density at radius 2 is 1.70 bits per heavy atom. The lowest BCUT2D eigenvalue weighted by atomic mass is 10.00. The molecule has 7 nitrogen and oxygen atoms in total. The molecule has 1 unspecified atom stereocenters. The Morgan fingerprint density at radius 1 is 1.06 bits per heavy atom. The molecule has 1 atom stereocenters. The van der Waals surface area contributed by atoms with Gasteiger partial charge >= 0.3 is 0 Å². The monoisotopic (exact) mass is 516 g/mol. The quantitative estimate of drug-likeness (QED) is 0.548. The summed E-state index contributed by atoms with van der Waals surface area (Å²) in [6, 6.07) is 10.4. The average molecular weight is 517 g/mol. The van der Waals surface area contributed by atoms with Crippen LogP contribution in [-0.2, 0) is 4.79 Å². The van der Waals surface area contributed by atoms with Crippen LogP contribution in [-0.4, -0.2) is 51.1 Å². The number of benzene rings is 2. The topological polar surface area (TPSA) is 77.1 Å². The number of amides is 2. The zero-order valence-electron chi connectivity index (χ0n) is 19.3. The lowest BCUT2D eigenvalue weighted by Gasteiger charge is -2.31. The van der Waals surface area contributed by atoms with Crippen LogP contribution in [0.4, 0.5) is 0 Å². The van der Waals surface area contributed by atoms with E-state index in [9.17, 15) is 9.59 Å². The Labute approximate surface area is 202 Å². The van der Waals surface area contributed by atoms with Crippen LogP contribution in [0.2, 0.25) is 0 Å². The molecule has 0 radical (unpaired) electrons. The highest BCUT2D eigenvalue weighted by Crippen LogP contribution is 2.38. The molecule has 0 saturated carbocycles. The summed E-state index contributed by atoms with van der Waals surface area (Å²) in [7, 11) is 4.59. The van der Waals surface area contributed by atoms with Gasteiger partial charge < -0.3 is 24.4 Å². The highest BCUT2D eigenvalue weighted by molar-refractivity contribution is 9.10. The Hall–Kier alpha value is -3.00. The second kappa shape index (κ2) is 11.2. The number of piperidine rings is 1. The van der Waals surface area contributed by atoms with Gasteiger partial charge in [0.2, 0.25) is 5.75 Å². The first kappa shape index (κ1) is 24.6. The molecule has 1 aliphatic heterocycles. The van der Waals surface area contributed by atoms with Gasteiger partial charge in [-0.25, -0.2) is 0 Å². The van der Waals surface area contributed by atoms with Gasteiger partial charge in [-0.2, -0.15) is 0 Å². The molecule has 0 aliphatic carbocycles. The summed E-state index contributed by atoms with van der Waals surface area (Å²) in [6.45, 7) is 3.44. The fourth-order valence-corrected chi connectivity index (χ4v) is 4.11. The van der Waals surface area contributed by atoms with Gasteiger partial charge in [-0.3, -0.25) is 9.59 Å². The van der Waals surface area contributed by atoms with Crippen LogP contribution < -0.4 is 19.5 Å². The highest BCUT2D eigenvalue weighted by Gasteiger charge is 2.25. The molecular weight excluding hydrogens is 488 g/mol. The third-order valence-corrected chi connectivity index (χ3v) is 6.06. The van der Waals surface area contributed by atoms with Crippen LogP contribution in [0.1, 0.15) is 35.7 Å². The van der Waals surface area contributed by atoms with Crippen LogP contribution in [0.25, 0.3) is 6.08 Å². The molecule has 1 N–H and O–H groups in total. The van der Waals surface area contributed by atoms with E-state index < -0.39 is 0 Å². The van der Waals surface area contributed by atoms with E-state index in [0.29, 0.717) is 47.4 Å². The van der Waals surface area contributed by atoms with E-state index >= 15 is 0 Å². The Morgan fingerprint density at radius 3 is 2.24 bits per heavy atom. The van der Waals surface area contributed by atoms with Crippen molar-refractivity contribution < 1.29 is 23.8 Å². The first-order valence-corrected chi connectivity index (χ1v) is 11.5. The maximum atomic E-state index is 13.4. The lowest BCUT2D eigenvalue weighted by Crippen LogP contribution is -2.43. The zero-order valence-corrected chi connectivity index (χ0v) is 20.9. The predicted octanol–water partition coefficient (Wildman–Crippen LogP) is 4.50. The molecule has 1 saturated heterocycles. The van der Waals surface area contributed by atoms with Crippen molar-refractivity contribution in [2.24, 2.45) is 5.92 Å². The van der Waals surface area contributed by atoms with Crippen LogP contribution in [0, 0.1) is 5.92 Å². The summed E-state index contributed by atoms with van der Waals surface area (Å²) in [5, 5.41) is 2.82. The van der Waals surface area contributed by atoms with Gasteiger partial charge in [-0.15, -0.1) is 0 Å². The molecule has 33 heavy (non-hydrogen) atoms. The number of hydrogen-bond donors (Lipinski definition) is 1. The van der Waals surface area contributed by atoms with Gasteiger partial charge in [0.25, 0.3) is 11.8 Å². The number of ether oxygens (including phenoxy) is 3. The number of hydrogen-bond acceptors (Lipinski definition) is 5. The Balaban J connectivity index is 2.00. The molecule has 0 spiro atoms. The van der Waals surface area contributed by atoms with Gasteiger partial charge in [0, 0.05) is 23.1 Å². The minimum Gasteiger partial charge on any atom is -0.493 e. The molecule has 1 aliphatic rings. The van der Waals surface area contributed by atoms with Crippen LogP contribution in [0.5, 0.6) is 17.2 Å². The van der Waals surface area contributed by atoms with Gasteiger partial charge in [-0.1, -0.05) is 22.9 Å². The van der Waals surface area contributed by atoms with Crippen molar-refractivity contribution in [3.05, 3.63) is 57.7 Å². The van der Waals surface area contributed by atoms with E-state index in [0.717, 1.165) is 17.3 Å². The molecule has 2 amide bonds. The van der Waals surface area contributed by atoms with Gasteiger partial charge in [-0.05, 0) is 66.8 Å². The highest BCUT2D eigenvalue weighted by atomic mass is 79.9. The summed E-state index contributed by atoms with van der Waals surface area (Å²) >= 11 is 3.37. The third kappa shape index (κ3) is 6.07. The number of methoxy groups -OCH3 is 3. The zero-order chi connectivity index (χ0) is 24.0. The second-order valence-corrected chi connectivity index (χ2v) is 8.89. The maximum Gasteiger partial charge on any atom is 0.270 e. The van der Waals surface area contributed by atoms with Crippen LogP contribution in [0.15, 0.2) is 46.6 Å². The summed E-state index contributed by atoms with van der Waals surface area (Å²) in [6.07, 6.45) is 3.66. The van der Waals surface area contributed by atoms with Crippen molar-refractivity contribution >= 4 is 33.8 Å². The second-order valence-electron chi connectivity index (χ2n) is 7.98. The number of carbonyl (C=O) groups is 2. The van der Waals surface area contributed by atoms with Crippen LogP contribution in [0.3, 0.4) is 0 Å². The molecule has 1 heterocycles. The number of nitrogens with zero attached hydrogens (tertiary/aromatic N) is 1. The van der Waals surface area contributed by atoms with Gasteiger partial charge in [0.1, 0.15) is 5.70 Å². The van der Waals surface area contributed by atoms with Crippen molar-refractivity contribution in [2.45, 2.75) is 19.8 Å². The first-order chi connectivity index (χ1) is 15.9. The van der Waals surface area contributed by atoms with E-state index in [-0.39, 0.29) is 17.5 Å². The first-order valence-electron chi connectivity index (χ1n) is 10.7. The number of likely N-dealkylation sites (tertiary alicyclic amines) is 1. The normalized spacial score (nSPS) is 16.2. The molecule has 1 fully saturated rings. The lowest BCUT2D eigenvalue weighted by molar-refractivity contribution is -0.129. The van der Waals surface area contributed by atoms with E-state index in [1.807, 2.05) is 0 Å². The van der Waals surface area contributed by atoms with Crippen LogP contribution >= 0.6 is 15.9 Å². The molecule has 3 rings (SSSR count). The third-order valence-electron chi connectivity index (χ3n) is 5.53. The molecular formula is C25H29BrN2O5. The SMILES string of the molecule is COc1cc(/C=C(\NC(=O)c2ccc(Br)cc2)C(=O)N2CCCC(C)C2)cc(OC)c1OC. The Kier molecular flexibility index (Phi) is 8.38. The van der Waals surface area contributed by atoms with Crippen molar-refractivity contribution in [1.82, 2.24) is 10.2 Å². The molecule has 176 valence electrons. The number of nitrogens with one attached hydrogen (secondary N) is 1. The minimum absolute atomic E-state index is 0.186. The number of carbonyl (C=O) groups excluding carboxylic acids is 2. The fourth-order valence-electron chi connectivity index (χ4n) is 3.84. The van der Waals surface area contributed by atoms with Crippen molar-refractivity contribution in [1.29, 1.82) is 0 Å². The molecule has 2 aromatic rings. The minimum atomic E-state index is -0.361. The maximum absolute atomic E-state index is 13.4. The summed E-state index contributed by atoms with van der Waals surface area (Å²) in [5.41, 5.74) is 1.27. The largest absolute Gasteiger partial charge is 0.493 e. The van der Waals surface area contributed by atoms with E-state index in [4.69, 9.17) is 14.2 Å². The van der Waals surface area contributed by atoms with Gasteiger partial charge in [0.15, 0.2) is 11.5 Å². The summed E-state index contributed by atoms with van der Waals surface area (Å²) < 4.78 is 17.1. The van der Waals surface area contributed by atoms with Crippen molar-refractivity contribution in [3.63, 3.8) is 0 Å². The molecule has 2 aromatic carbocycles. The summed E-state index contributed by atoms with van der Waals surface area (Å²) in [4.78, 5) is 28.2. The number of halogens is 1. The van der Waals surface area contributed by atoms with Crippen molar-refractivity contribution in [2.75, 3.05) is 34.4 Å². The predicted molar refractivity (Wildman–Crippen MR) is 131 cm³/mol. The van der Waals surface area contributed by atoms with E-state index in [1.54, 1.807) is 47.4 Å². The Bertz CT molecular complexity index is 1010. The fraction of sp³-hybridized carbons (Fsp3) is 0.360. The average Bonchev–Trinajstić information content (AvgIpc) is 2.82. The molecule has 8 heteroatoms. The smallest absolute Gasteiger partial charge is 0.270 e. The van der Waals surface area contributed by atoms with E-state index in [2.05, 4.69) is 28.2 Å². The molecule has 0 bridgehead atoms. The number of rotatable bonds is 7. The standard InChI is InChI=1S/C25H29BrN2O5/c1-16-6-5-11-28(15-16)25(30)20(27-24(29)18-7-9-19(26)10-8-18)12-17-13-21(31-2)23(33-4)22(14-17)32-3/h7-10,12-14,16H,5-6,11,15H2,1-4H3,(H,27,29)/b20-12-. The van der Waals surface area contributed by atoms with Crippen molar-refractivity contribution in [3.8, 4) is 17.2 Å². The summed E-state index contributed by atoms with van der Waals surface area (Å²) in [5.74, 6) is 1.20. The molecule has 0 aromatic heterocycles. The van der Waals surface area contributed by atoms with Gasteiger partial charge in [0.05, 0.1) is 21.3 Å². The van der Waals surface area contributed by atoms with E-state index in [1.165, 1.54) is 21.3 Å².